The number of thiol groups is 1. The molecule has 21 heavy (non-hydrogen) atoms. The van der Waals surface area contributed by atoms with E-state index in [0.717, 1.165) is 25.0 Å². The summed E-state index contributed by atoms with van der Waals surface area (Å²) in [6.07, 6.45) is -2.56. The molecule has 0 aromatic heterocycles. The van der Waals surface area contributed by atoms with Crippen molar-refractivity contribution >= 4 is 24.2 Å². The van der Waals surface area contributed by atoms with Crippen molar-refractivity contribution in [1.82, 2.24) is 5.32 Å². The number of nitrogens with one attached hydrogen (secondary N) is 1. The zero-order valence-electron chi connectivity index (χ0n) is 11.4. The molecule has 7 heteroatoms. The van der Waals surface area contributed by atoms with E-state index in [4.69, 9.17) is 0 Å². The minimum Gasteiger partial charge on any atom is -0.371 e. The predicted octanol–water partition coefficient (Wildman–Crippen LogP) is 2.97. The first-order valence-electron chi connectivity index (χ1n) is 6.78. The molecule has 1 aromatic rings. The Balaban J connectivity index is 2.36. The summed E-state index contributed by atoms with van der Waals surface area (Å²) in [4.78, 5) is 13.9. The molecular weight excluding hydrogens is 301 g/mol. The van der Waals surface area contributed by atoms with Crippen LogP contribution in [0.4, 0.5) is 18.9 Å². The summed E-state index contributed by atoms with van der Waals surface area (Å²) in [5, 5.41) is 2.65. The molecule has 1 heterocycles. The Morgan fingerprint density at radius 2 is 1.95 bits per heavy atom. The standard InChI is InChI=1S/C14H17F3N2OS/c15-14(16,17)10-3-4-11(13(20)18-5-8-21)12(9-10)19-6-1-2-7-19/h3-4,9,21H,1-2,5-8H2,(H,18,20). The Hall–Kier alpha value is -1.37. The van der Waals surface area contributed by atoms with E-state index in [1.54, 1.807) is 0 Å². The Morgan fingerprint density at radius 1 is 1.29 bits per heavy atom. The molecule has 0 atom stereocenters. The van der Waals surface area contributed by atoms with Crippen LogP contribution in [0.25, 0.3) is 0 Å². The normalized spacial score (nSPS) is 15.3. The van der Waals surface area contributed by atoms with Gasteiger partial charge in [0.25, 0.3) is 5.91 Å². The first kappa shape index (κ1) is 16.0. The number of hydrogen-bond donors (Lipinski definition) is 2. The molecule has 1 aliphatic rings. The highest BCUT2D eigenvalue weighted by atomic mass is 32.1. The van der Waals surface area contributed by atoms with Crippen LogP contribution in [-0.4, -0.2) is 31.3 Å². The monoisotopic (exact) mass is 318 g/mol. The number of halogens is 3. The molecule has 2 rings (SSSR count). The molecule has 0 bridgehead atoms. The van der Waals surface area contributed by atoms with Crippen LogP contribution in [0, 0.1) is 0 Å². The third-order valence-corrected chi connectivity index (χ3v) is 3.64. The minimum atomic E-state index is -4.41. The smallest absolute Gasteiger partial charge is 0.371 e. The van der Waals surface area contributed by atoms with Crippen LogP contribution in [0.15, 0.2) is 18.2 Å². The summed E-state index contributed by atoms with van der Waals surface area (Å²) in [7, 11) is 0. The highest BCUT2D eigenvalue weighted by Gasteiger charge is 2.32. The van der Waals surface area contributed by atoms with Crippen molar-refractivity contribution < 1.29 is 18.0 Å². The molecule has 3 nitrogen and oxygen atoms in total. The van der Waals surface area contributed by atoms with Crippen LogP contribution < -0.4 is 10.2 Å². The number of carbonyl (C=O) groups is 1. The molecule has 0 aliphatic carbocycles. The van der Waals surface area contributed by atoms with E-state index in [2.05, 4.69) is 17.9 Å². The van der Waals surface area contributed by atoms with E-state index in [0.29, 0.717) is 31.1 Å². The summed E-state index contributed by atoms with van der Waals surface area (Å²) in [5.74, 6) is 0.116. The maximum atomic E-state index is 12.9. The Morgan fingerprint density at radius 3 is 2.52 bits per heavy atom. The Kier molecular flexibility index (Phi) is 5.03. The Bertz CT molecular complexity index is 513. The van der Waals surface area contributed by atoms with Crippen molar-refractivity contribution in [3.63, 3.8) is 0 Å². The highest BCUT2D eigenvalue weighted by molar-refractivity contribution is 7.80. The summed E-state index contributed by atoms with van der Waals surface area (Å²) in [6, 6.07) is 3.28. The Labute approximate surface area is 126 Å². The molecule has 1 N–H and O–H groups in total. The summed E-state index contributed by atoms with van der Waals surface area (Å²) < 4.78 is 38.6. The van der Waals surface area contributed by atoms with Gasteiger partial charge in [-0.1, -0.05) is 0 Å². The molecule has 1 saturated heterocycles. The van der Waals surface area contributed by atoms with E-state index in [1.165, 1.54) is 6.07 Å². The lowest BCUT2D eigenvalue weighted by Gasteiger charge is -2.22. The van der Waals surface area contributed by atoms with Gasteiger partial charge in [-0.15, -0.1) is 0 Å². The summed E-state index contributed by atoms with van der Waals surface area (Å²) >= 11 is 4.00. The fourth-order valence-electron chi connectivity index (χ4n) is 2.38. The van der Waals surface area contributed by atoms with Crippen LogP contribution in [0.1, 0.15) is 28.8 Å². The number of hydrogen-bond acceptors (Lipinski definition) is 3. The number of alkyl halides is 3. The van der Waals surface area contributed by atoms with E-state index in [1.807, 2.05) is 4.90 Å². The van der Waals surface area contributed by atoms with Gasteiger partial charge in [-0.2, -0.15) is 25.8 Å². The van der Waals surface area contributed by atoms with Crippen molar-refractivity contribution in [2.45, 2.75) is 19.0 Å². The lowest BCUT2D eigenvalue weighted by molar-refractivity contribution is -0.137. The maximum absolute atomic E-state index is 12.9. The molecule has 1 aromatic carbocycles. The van der Waals surface area contributed by atoms with Gasteiger partial charge in [-0.25, -0.2) is 0 Å². The van der Waals surface area contributed by atoms with Crippen LogP contribution in [0.5, 0.6) is 0 Å². The number of benzene rings is 1. The van der Waals surface area contributed by atoms with Crippen molar-refractivity contribution in [2.24, 2.45) is 0 Å². The zero-order valence-corrected chi connectivity index (χ0v) is 12.3. The van der Waals surface area contributed by atoms with Gasteiger partial charge < -0.3 is 10.2 Å². The fourth-order valence-corrected chi connectivity index (χ4v) is 2.50. The van der Waals surface area contributed by atoms with Gasteiger partial charge >= 0.3 is 6.18 Å². The van der Waals surface area contributed by atoms with Crippen molar-refractivity contribution in [1.29, 1.82) is 0 Å². The number of nitrogens with zero attached hydrogens (tertiary/aromatic N) is 1. The number of anilines is 1. The largest absolute Gasteiger partial charge is 0.416 e. The average molecular weight is 318 g/mol. The van der Waals surface area contributed by atoms with Gasteiger partial charge in [0.2, 0.25) is 0 Å². The lowest BCUT2D eigenvalue weighted by Crippen LogP contribution is -2.29. The van der Waals surface area contributed by atoms with E-state index >= 15 is 0 Å². The molecule has 0 saturated carbocycles. The van der Waals surface area contributed by atoms with E-state index in [-0.39, 0.29) is 11.5 Å². The van der Waals surface area contributed by atoms with E-state index in [9.17, 15) is 18.0 Å². The second-order valence-electron chi connectivity index (χ2n) is 4.90. The third-order valence-electron chi connectivity index (χ3n) is 3.41. The van der Waals surface area contributed by atoms with Crippen molar-refractivity contribution in [3.05, 3.63) is 29.3 Å². The second-order valence-corrected chi connectivity index (χ2v) is 5.35. The van der Waals surface area contributed by atoms with Gasteiger partial charge in [0.1, 0.15) is 0 Å². The van der Waals surface area contributed by atoms with E-state index < -0.39 is 11.7 Å². The zero-order chi connectivity index (χ0) is 15.5. The van der Waals surface area contributed by atoms with Crippen LogP contribution in [-0.2, 0) is 6.18 Å². The van der Waals surface area contributed by atoms with Gasteiger partial charge in [0.05, 0.1) is 16.8 Å². The summed E-state index contributed by atoms with van der Waals surface area (Å²) in [5.41, 5.74) is -0.0826. The van der Waals surface area contributed by atoms with Gasteiger partial charge in [0.15, 0.2) is 0 Å². The quantitative estimate of drug-likeness (QED) is 0.837. The first-order chi connectivity index (χ1) is 9.93. The van der Waals surface area contributed by atoms with Gasteiger partial charge in [-0.05, 0) is 31.0 Å². The second kappa shape index (κ2) is 6.60. The van der Waals surface area contributed by atoms with Crippen molar-refractivity contribution in [2.75, 3.05) is 30.3 Å². The SMILES string of the molecule is O=C(NCCS)c1ccc(C(F)(F)F)cc1N1CCCC1. The molecule has 0 radical (unpaired) electrons. The minimum absolute atomic E-state index is 0.284. The van der Waals surface area contributed by atoms with Crippen LogP contribution in [0.3, 0.4) is 0 Å². The van der Waals surface area contributed by atoms with Gasteiger partial charge in [-0.3, -0.25) is 4.79 Å². The maximum Gasteiger partial charge on any atom is 0.416 e. The molecular formula is C14H17F3N2OS. The molecule has 1 fully saturated rings. The van der Waals surface area contributed by atoms with Crippen LogP contribution in [0.2, 0.25) is 0 Å². The molecule has 1 aliphatic heterocycles. The van der Waals surface area contributed by atoms with Crippen LogP contribution >= 0.6 is 12.6 Å². The fraction of sp³-hybridized carbons (Fsp3) is 0.500. The highest BCUT2D eigenvalue weighted by Crippen LogP contribution is 2.34. The topological polar surface area (TPSA) is 32.3 Å². The van der Waals surface area contributed by atoms with Gasteiger partial charge in [0, 0.05) is 25.4 Å². The van der Waals surface area contributed by atoms with Crippen molar-refractivity contribution in [3.8, 4) is 0 Å². The average Bonchev–Trinajstić information content (AvgIpc) is 2.97. The first-order valence-corrected chi connectivity index (χ1v) is 7.42. The molecule has 1 amide bonds. The molecule has 116 valence electrons. The molecule has 0 spiro atoms. The lowest BCUT2D eigenvalue weighted by atomic mass is 10.1. The predicted molar refractivity (Wildman–Crippen MR) is 79.1 cm³/mol. The number of amides is 1. The number of rotatable bonds is 4. The number of carbonyl (C=O) groups excluding carboxylic acids is 1. The third kappa shape index (κ3) is 3.84. The summed E-state index contributed by atoms with van der Waals surface area (Å²) in [6.45, 7) is 1.73. The molecule has 0 unspecified atom stereocenters.